The number of rotatable bonds is 3. The molecule has 0 radical (unpaired) electrons. The van der Waals surface area contributed by atoms with Crippen molar-refractivity contribution in [2.75, 3.05) is 18.5 Å². The van der Waals surface area contributed by atoms with Crippen LogP contribution in [0.1, 0.15) is 16.8 Å². The van der Waals surface area contributed by atoms with Gasteiger partial charge in [0.2, 0.25) is 5.91 Å². The predicted molar refractivity (Wildman–Crippen MR) is 72.1 cm³/mol. The quantitative estimate of drug-likeness (QED) is 0.773. The standard InChI is InChI=1S/C12H13BrN2O4/c13-7-1-2-8(10(16)17)9(5-7)15-11(18)12(14)3-4-19-6-12/h1-2,5H,3-4,6,14H2,(H,15,18)(H,16,17). The van der Waals surface area contributed by atoms with Gasteiger partial charge in [-0.1, -0.05) is 15.9 Å². The minimum absolute atomic E-state index is 0.0130. The maximum Gasteiger partial charge on any atom is 0.337 e. The molecule has 0 saturated carbocycles. The Morgan fingerprint density at radius 2 is 2.21 bits per heavy atom. The van der Waals surface area contributed by atoms with E-state index in [9.17, 15) is 9.59 Å². The summed E-state index contributed by atoms with van der Waals surface area (Å²) in [6.07, 6.45) is 0.412. The van der Waals surface area contributed by atoms with Crippen LogP contribution in [0.4, 0.5) is 5.69 Å². The lowest BCUT2D eigenvalue weighted by Gasteiger charge is -2.21. The van der Waals surface area contributed by atoms with Crippen LogP contribution in [-0.2, 0) is 9.53 Å². The topological polar surface area (TPSA) is 102 Å². The number of aromatic carboxylic acids is 1. The van der Waals surface area contributed by atoms with Gasteiger partial charge in [0.1, 0.15) is 5.54 Å². The number of anilines is 1. The molecule has 102 valence electrons. The zero-order valence-corrected chi connectivity index (χ0v) is 11.6. The number of nitrogens with one attached hydrogen (secondary N) is 1. The first-order chi connectivity index (χ1) is 8.92. The lowest BCUT2D eigenvalue weighted by atomic mass is 9.99. The summed E-state index contributed by atoms with van der Waals surface area (Å²) in [5.74, 6) is -1.55. The van der Waals surface area contributed by atoms with E-state index in [1.165, 1.54) is 12.1 Å². The molecule has 0 spiro atoms. The van der Waals surface area contributed by atoms with Crippen molar-refractivity contribution in [2.45, 2.75) is 12.0 Å². The fourth-order valence-corrected chi connectivity index (χ4v) is 2.17. The first kappa shape index (κ1) is 14.0. The van der Waals surface area contributed by atoms with Crippen molar-refractivity contribution in [3.05, 3.63) is 28.2 Å². The van der Waals surface area contributed by atoms with Gasteiger partial charge < -0.3 is 20.9 Å². The lowest BCUT2D eigenvalue weighted by molar-refractivity contribution is -0.121. The number of carboxylic acid groups (broad SMARTS) is 1. The van der Waals surface area contributed by atoms with Crippen LogP contribution in [0, 0.1) is 0 Å². The average molecular weight is 329 g/mol. The van der Waals surface area contributed by atoms with E-state index in [-0.39, 0.29) is 17.9 Å². The van der Waals surface area contributed by atoms with Crippen LogP contribution in [0.2, 0.25) is 0 Å². The summed E-state index contributed by atoms with van der Waals surface area (Å²) in [6, 6.07) is 4.53. The minimum atomic E-state index is -1.11. The van der Waals surface area contributed by atoms with Crippen LogP contribution >= 0.6 is 15.9 Å². The molecule has 1 aromatic rings. The number of benzene rings is 1. The van der Waals surface area contributed by atoms with Gasteiger partial charge in [-0.15, -0.1) is 0 Å². The third kappa shape index (κ3) is 2.94. The second-order valence-corrected chi connectivity index (χ2v) is 5.32. The smallest absolute Gasteiger partial charge is 0.337 e. The highest BCUT2D eigenvalue weighted by Gasteiger charge is 2.38. The first-order valence-corrected chi connectivity index (χ1v) is 6.43. The summed E-state index contributed by atoms with van der Waals surface area (Å²) in [4.78, 5) is 23.2. The SMILES string of the molecule is NC1(C(=O)Nc2cc(Br)ccc2C(=O)O)CCOC1. The van der Waals surface area contributed by atoms with Crippen molar-refractivity contribution in [3.63, 3.8) is 0 Å². The molecule has 7 heteroatoms. The van der Waals surface area contributed by atoms with Crippen LogP contribution in [0.3, 0.4) is 0 Å². The van der Waals surface area contributed by atoms with E-state index in [2.05, 4.69) is 21.2 Å². The van der Waals surface area contributed by atoms with Crippen LogP contribution in [-0.4, -0.2) is 35.7 Å². The Morgan fingerprint density at radius 1 is 1.47 bits per heavy atom. The number of carboxylic acids is 1. The number of hydrogen-bond donors (Lipinski definition) is 3. The fraction of sp³-hybridized carbons (Fsp3) is 0.333. The van der Waals surface area contributed by atoms with Gasteiger partial charge in [0, 0.05) is 11.1 Å². The van der Waals surface area contributed by atoms with Crippen molar-refractivity contribution in [3.8, 4) is 0 Å². The third-order valence-corrected chi connectivity index (χ3v) is 3.46. The van der Waals surface area contributed by atoms with Crippen molar-refractivity contribution in [1.82, 2.24) is 0 Å². The van der Waals surface area contributed by atoms with E-state index in [4.69, 9.17) is 15.6 Å². The number of carbonyl (C=O) groups is 2. The number of carbonyl (C=O) groups excluding carboxylic acids is 1. The molecule has 1 aliphatic rings. The van der Waals surface area contributed by atoms with Gasteiger partial charge in [0.05, 0.1) is 17.9 Å². The zero-order chi connectivity index (χ0) is 14.0. The van der Waals surface area contributed by atoms with E-state index in [1.54, 1.807) is 6.07 Å². The third-order valence-electron chi connectivity index (χ3n) is 2.96. The zero-order valence-electron chi connectivity index (χ0n) is 9.98. The summed E-state index contributed by atoms with van der Waals surface area (Å²) < 4.78 is 5.78. The summed E-state index contributed by atoms with van der Waals surface area (Å²) >= 11 is 3.23. The van der Waals surface area contributed by atoms with Gasteiger partial charge in [-0.25, -0.2) is 4.79 Å². The largest absolute Gasteiger partial charge is 0.478 e. The van der Waals surface area contributed by atoms with Crippen LogP contribution in [0.5, 0.6) is 0 Å². The molecule has 1 aromatic carbocycles. The maximum atomic E-state index is 12.1. The Bertz CT molecular complexity index is 526. The molecule has 6 nitrogen and oxygen atoms in total. The second kappa shape index (κ2) is 5.28. The minimum Gasteiger partial charge on any atom is -0.478 e. The molecule has 19 heavy (non-hydrogen) atoms. The predicted octanol–water partition coefficient (Wildman–Crippen LogP) is 1.20. The molecule has 0 aromatic heterocycles. The fourth-order valence-electron chi connectivity index (χ4n) is 1.81. The average Bonchev–Trinajstić information content (AvgIpc) is 2.77. The van der Waals surface area contributed by atoms with Crippen LogP contribution in [0.25, 0.3) is 0 Å². The van der Waals surface area contributed by atoms with E-state index < -0.39 is 17.4 Å². The van der Waals surface area contributed by atoms with Crippen molar-refractivity contribution < 1.29 is 19.4 Å². The Morgan fingerprint density at radius 3 is 2.79 bits per heavy atom. The van der Waals surface area contributed by atoms with Crippen molar-refractivity contribution >= 4 is 33.5 Å². The van der Waals surface area contributed by atoms with E-state index in [0.717, 1.165) is 0 Å². The molecule has 1 unspecified atom stereocenters. The molecule has 1 saturated heterocycles. The van der Waals surface area contributed by atoms with Gasteiger partial charge in [-0.2, -0.15) is 0 Å². The molecule has 2 rings (SSSR count). The number of halogens is 1. The Hall–Kier alpha value is -1.44. The van der Waals surface area contributed by atoms with Crippen molar-refractivity contribution in [2.24, 2.45) is 5.73 Å². The summed E-state index contributed by atoms with van der Waals surface area (Å²) in [5.41, 5.74) is 5.04. The molecule has 1 atom stereocenters. The molecule has 1 amide bonds. The second-order valence-electron chi connectivity index (χ2n) is 4.41. The van der Waals surface area contributed by atoms with Gasteiger partial charge in [0.25, 0.3) is 0 Å². The molecular formula is C12H13BrN2O4. The van der Waals surface area contributed by atoms with Crippen LogP contribution in [0.15, 0.2) is 22.7 Å². The summed E-state index contributed by atoms with van der Waals surface area (Å²) in [6.45, 7) is 0.559. The molecule has 4 N–H and O–H groups in total. The monoisotopic (exact) mass is 328 g/mol. The van der Waals surface area contributed by atoms with Gasteiger partial charge >= 0.3 is 5.97 Å². The molecule has 0 bridgehead atoms. The molecular weight excluding hydrogens is 316 g/mol. The highest BCUT2D eigenvalue weighted by atomic mass is 79.9. The molecule has 1 fully saturated rings. The van der Waals surface area contributed by atoms with Gasteiger partial charge in [-0.05, 0) is 24.6 Å². The highest BCUT2D eigenvalue weighted by molar-refractivity contribution is 9.10. The maximum absolute atomic E-state index is 12.1. The Kier molecular flexibility index (Phi) is 3.88. The normalized spacial score (nSPS) is 22.2. The van der Waals surface area contributed by atoms with E-state index in [0.29, 0.717) is 17.5 Å². The Labute approximate surface area is 118 Å². The molecule has 0 aliphatic carbocycles. The molecule has 1 heterocycles. The number of nitrogens with two attached hydrogens (primary N) is 1. The number of amides is 1. The summed E-state index contributed by atoms with van der Waals surface area (Å²) in [5, 5.41) is 11.6. The Balaban J connectivity index is 2.25. The number of ether oxygens (including phenoxy) is 1. The first-order valence-electron chi connectivity index (χ1n) is 5.63. The lowest BCUT2D eigenvalue weighted by Crippen LogP contribution is -2.51. The highest BCUT2D eigenvalue weighted by Crippen LogP contribution is 2.24. The number of hydrogen-bond acceptors (Lipinski definition) is 4. The van der Waals surface area contributed by atoms with Crippen LogP contribution < -0.4 is 11.1 Å². The summed E-state index contributed by atoms with van der Waals surface area (Å²) in [7, 11) is 0. The molecule has 1 aliphatic heterocycles. The van der Waals surface area contributed by atoms with E-state index >= 15 is 0 Å². The van der Waals surface area contributed by atoms with E-state index in [1.807, 2.05) is 0 Å². The van der Waals surface area contributed by atoms with Gasteiger partial charge in [0.15, 0.2) is 0 Å². The van der Waals surface area contributed by atoms with Gasteiger partial charge in [-0.3, -0.25) is 4.79 Å². The van der Waals surface area contributed by atoms with Crippen molar-refractivity contribution in [1.29, 1.82) is 0 Å².